The molecule has 27 heavy (non-hydrogen) atoms. The molecule has 1 amide bonds. The molecule has 8 heteroatoms. The van der Waals surface area contributed by atoms with Crippen LogP contribution >= 0.6 is 45.9 Å². The molecule has 2 aromatic heterocycles. The Bertz CT molecular complexity index is 979. The van der Waals surface area contributed by atoms with Crippen LogP contribution in [0.1, 0.15) is 35.7 Å². The molecule has 0 saturated carbocycles. The number of nitrogens with zero attached hydrogens (tertiary/aromatic N) is 2. The number of thiazole rings is 1. The fourth-order valence-corrected chi connectivity index (χ4v) is 5.74. The van der Waals surface area contributed by atoms with Crippen molar-refractivity contribution in [3.8, 4) is 0 Å². The van der Waals surface area contributed by atoms with Crippen molar-refractivity contribution in [3.05, 3.63) is 44.1 Å². The van der Waals surface area contributed by atoms with Gasteiger partial charge in [-0.3, -0.25) is 9.69 Å². The summed E-state index contributed by atoms with van der Waals surface area (Å²) in [4.78, 5) is 19.8. The van der Waals surface area contributed by atoms with Gasteiger partial charge < -0.3 is 4.74 Å². The molecule has 4 rings (SSSR count). The lowest BCUT2D eigenvalue weighted by Crippen LogP contribution is -2.37. The van der Waals surface area contributed by atoms with Crippen molar-refractivity contribution < 1.29 is 9.53 Å². The molecule has 1 aromatic carbocycles. The number of benzene rings is 1. The first-order valence-electron chi connectivity index (χ1n) is 8.83. The summed E-state index contributed by atoms with van der Waals surface area (Å²) >= 11 is 15.0. The van der Waals surface area contributed by atoms with Gasteiger partial charge in [0.1, 0.15) is 4.34 Å². The van der Waals surface area contributed by atoms with Crippen LogP contribution in [-0.4, -0.2) is 30.1 Å². The van der Waals surface area contributed by atoms with E-state index in [1.165, 1.54) is 28.2 Å². The number of anilines is 1. The molecule has 142 valence electrons. The first-order chi connectivity index (χ1) is 13.1. The van der Waals surface area contributed by atoms with Gasteiger partial charge in [0.25, 0.3) is 5.91 Å². The minimum Gasteiger partial charge on any atom is -0.376 e. The summed E-state index contributed by atoms with van der Waals surface area (Å²) in [5, 5.41) is 0.671. The van der Waals surface area contributed by atoms with Gasteiger partial charge >= 0.3 is 0 Å². The number of ether oxygens (including phenoxy) is 1. The van der Waals surface area contributed by atoms with E-state index in [0.717, 1.165) is 36.1 Å². The molecule has 1 unspecified atom stereocenters. The van der Waals surface area contributed by atoms with Crippen molar-refractivity contribution in [1.82, 2.24) is 4.98 Å². The second-order valence-corrected chi connectivity index (χ2v) is 9.70. The third-order valence-corrected chi connectivity index (χ3v) is 7.18. The van der Waals surface area contributed by atoms with Gasteiger partial charge in [0.05, 0.1) is 32.8 Å². The lowest BCUT2D eigenvalue weighted by molar-refractivity contribution is 0.0918. The Hall–Kier alpha value is -1.18. The minimum atomic E-state index is -0.184. The molecule has 3 heterocycles. The van der Waals surface area contributed by atoms with Crippen molar-refractivity contribution in [2.75, 3.05) is 18.1 Å². The Balaban J connectivity index is 1.75. The molecule has 0 aliphatic carbocycles. The maximum absolute atomic E-state index is 13.3. The lowest BCUT2D eigenvalue weighted by Gasteiger charge is -2.22. The fourth-order valence-electron chi connectivity index (χ4n) is 3.27. The summed E-state index contributed by atoms with van der Waals surface area (Å²) in [6.45, 7) is 3.30. The van der Waals surface area contributed by atoms with E-state index in [2.05, 4.69) is 13.0 Å². The fraction of sp³-hybridized carbons (Fsp3) is 0.368. The Morgan fingerprint density at radius 3 is 2.89 bits per heavy atom. The van der Waals surface area contributed by atoms with E-state index in [0.29, 0.717) is 25.9 Å². The second kappa shape index (κ2) is 8.05. The normalized spacial score (nSPS) is 16.9. The molecule has 3 aromatic rings. The number of aryl methyl sites for hydroxylation is 1. The number of carbonyl (C=O) groups excluding carboxylic acids is 1. The minimum absolute atomic E-state index is 0.0134. The molecule has 0 spiro atoms. The number of halogens is 2. The monoisotopic (exact) mass is 440 g/mol. The number of aromatic nitrogens is 1. The van der Waals surface area contributed by atoms with E-state index in [-0.39, 0.29) is 12.0 Å². The number of thiophene rings is 1. The average Bonchev–Trinajstić information content (AvgIpc) is 3.38. The molecule has 0 bridgehead atoms. The average molecular weight is 441 g/mol. The van der Waals surface area contributed by atoms with Crippen LogP contribution in [0, 0.1) is 0 Å². The molecule has 1 fully saturated rings. The second-order valence-electron chi connectivity index (χ2n) is 6.40. The highest BCUT2D eigenvalue weighted by atomic mass is 35.5. The smallest absolute Gasteiger partial charge is 0.262 e. The van der Waals surface area contributed by atoms with Gasteiger partial charge in [0.15, 0.2) is 5.13 Å². The van der Waals surface area contributed by atoms with Crippen molar-refractivity contribution >= 4 is 67.1 Å². The Labute approximate surface area is 175 Å². The van der Waals surface area contributed by atoms with Crippen LogP contribution in [0.15, 0.2) is 24.3 Å². The van der Waals surface area contributed by atoms with Crippen LogP contribution in [0.4, 0.5) is 5.13 Å². The van der Waals surface area contributed by atoms with Crippen molar-refractivity contribution in [3.63, 3.8) is 0 Å². The van der Waals surface area contributed by atoms with Crippen molar-refractivity contribution in [1.29, 1.82) is 0 Å². The first kappa shape index (κ1) is 19.2. The van der Waals surface area contributed by atoms with Gasteiger partial charge in [-0.05, 0) is 37.0 Å². The summed E-state index contributed by atoms with van der Waals surface area (Å²) in [5.41, 5.74) is 2.55. The van der Waals surface area contributed by atoms with Crippen LogP contribution in [0.25, 0.3) is 10.2 Å². The molecule has 1 aliphatic heterocycles. The van der Waals surface area contributed by atoms with Crippen LogP contribution in [0.5, 0.6) is 0 Å². The van der Waals surface area contributed by atoms with E-state index >= 15 is 0 Å². The molecular weight excluding hydrogens is 423 g/mol. The van der Waals surface area contributed by atoms with Gasteiger partial charge in [-0.15, -0.1) is 11.3 Å². The van der Waals surface area contributed by atoms with Crippen LogP contribution in [-0.2, 0) is 11.2 Å². The summed E-state index contributed by atoms with van der Waals surface area (Å²) < 4.78 is 7.74. The van der Waals surface area contributed by atoms with E-state index in [1.54, 1.807) is 11.0 Å². The molecule has 1 saturated heterocycles. The zero-order chi connectivity index (χ0) is 19.0. The standard InChI is InChI=1S/C19H18Cl2N2O2S2/c1-2-11-5-3-7-14-16(11)22-19(26-14)23(10-12-6-4-8-25-12)18(24)13-9-15(20)27-17(13)21/h3,5,7,9,12H,2,4,6,8,10H2,1H3. The SMILES string of the molecule is CCc1cccc2sc(N(CC3CCCO3)C(=O)c3cc(Cl)sc3Cl)nc12. The summed E-state index contributed by atoms with van der Waals surface area (Å²) in [6, 6.07) is 7.78. The van der Waals surface area contributed by atoms with Crippen LogP contribution in [0.2, 0.25) is 8.67 Å². The predicted molar refractivity (Wildman–Crippen MR) is 114 cm³/mol. The first-order valence-corrected chi connectivity index (χ1v) is 11.2. The zero-order valence-electron chi connectivity index (χ0n) is 14.7. The van der Waals surface area contributed by atoms with E-state index in [1.807, 2.05) is 12.1 Å². The van der Waals surface area contributed by atoms with Gasteiger partial charge in [-0.2, -0.15) is 0 Å². The van der Waals surface area contributed by atoms with Gasteiger partial charge in [0.2, 0.25) is 0 Å². The Morgan fingerprint density at radius 1 is 1.37 bits per heavy atom. The highest BCUT2D eigenvalue weighted by molar-refractivity contribution is 7.22. The van der Waals surface area contributed by atoms with Gasteiger partial charge in [-0.25, -0.2) is 4.98 Å². The number of fused-ring (bicyclic) bond motifs is 1. The maximum Gasteiger partial charge on any atom is 0.262 e. The number of carbonyl (C=O) groups is 1. The van der Waals surface area contributed by atoms with Crippen LogP contribution < -0.4 is 4.90 Å². The quantitative estimate of drug-likeness (QED) is 0.484. The van der Waals surface area contributed by atoms with Gasteiger partial charge in [-0.1, -0.05) is 53.6 Å². The maximum atomic E-state index is 13.3. The summed E-state index contributed by atoms with van der Waals surface area (Å²) in [6.07, 6.45) is 2.86. The van der Waals surface area contributed by atoms with E-state index < -0.39 is 0 Å². The van der Waals surface area contributed by atoms with Crippen molar-refractivity contribution in [2.24, 2.45) is 0 Å². The zero-order valence-corrected chi connectivity index (χ0v) is 17.9. The molecule has 0 radical (unpaired) electrons. The summed E-state index contributed by atoms with van der Waals surface area (Å²) in [5.74, 6) is -0.184. The third kappa shape index (κ3) is 3.87. The Morgan fingerprint density at radius 2 is 2.22 bits per heavy atom. The molecular formula is C19H18Cl2N2O2S2. The number of hydrogen-bond acceptors (Lipinski definition) is 5. The number of rotatable bonds is 5. The summed E-state index contributed by atoms with van der Waals surface area (Å²) in [7, 11) is 0. The molecule has 4 nitrogen and oxygen atoms in total. The molecule has 1 atom stereocenters. The highest BCUT2D eigenvalue weighted by Gasteiger charge is 2.29. The number of para-hydroxylation sites is 1. The highest BCUT2D eigenvalue weighted by Crippen LogP contribution is 2.36. The van der Waals surface area contributed by atoms with Gasteiger partial charge in [0, 0.05) is 6.61 Å². The van der Waals surface area contributed by atoms with E-state index in [4.69, 9.17) is 32.9 Å². The molecule has 1 aliphatic rings. The lowest BCUT2D eigenvalue weighted by atomic mass is 10.1. The largest absolute Gasteiger partial charge is 0.376 e. The van der Waals surface area contributed by atoms with E-state index in [9.17, 15) is 4.79 Å². The van der Waals surface area contributed by atoms with Crippen LogP contribution in [0.3, 0.4) is 0 Å². The number of amides is 1. The molecule has 0 N–H and O–H groups in total. The topological polar surface area (TPSA) is 42.4 Å². The predicted octanol–water partition coefficient (Wildman–Crippen LogP) is 6.05. The number of hydrogen-bond donors (Lipinski definition) is 0. The third-order valence-electron chi connectivity index (χ3n) is 4.65. The van der Waals surface area contributed by atoms with Crippen molar-refractivity contribution in [2.45, 2.75) is 32.3 Å². The Kier molecular flexibility index (Phi) is 5.71.